The van der Waals surface area contributed by atoms with Crippen LogP contribution in [0.15, 0.2) is 36.4 Å². The van der Waals surface area contributed by atoms with Crippen LogP contribution in [0.3, 0.4) is 0 Å². The summed E-state index contributed by atoms with van der Waals surface area (Å²) in [7, 11) is 0. The second kappa shape index (κ2) is 8.71. The van der Waals surface area contributed by atoms with Gasteiger partial charge in [0.15, 0.2) is 0 Å². The van der Waals surface area contributed by atoms with Crippen molar-refractivity contribution in [1.29, 1.82) is 0 Å². The number of nitrogens with zero attached hydrogens (tertiary/aromatic N) is 2. The molecule has 1 aromatic carbocycles. The topological polar surface area (TPSA) is 54.5 Å². The molecule has 28 heavy (non-hydrogen) atoms. The highest BCUT2D eigenvalue weighted by molar-refractivity contribution is 7.24. The van der Waals surface area contributed by atoms with Gasteiger partial charge in [-0.1, -0.05) is 23.7 Å². The molecule has 4 rings (SSSR count). The first-order chi connectivity index (χ1) is 13.6. The summed E-state index contributed by atoms with van der Waals surface area (Å²) < 4.78 is 6.11. The highest BCUT2D eigenvalue weighted by Crippen LogP contribution is 2.35. The van der Waals surface area contributed by atoms with E-state index in [9.17, 15) is 4.79 Å². The summed E-state index contributed by atoms with van der Waals surface area (Å²) in [4.78, 5) is 21.3. The number of carbonyl (C=O) groups is 1. The minimum Gasteiger partial charge on any atom is -0.379 e. The lowest BCUT2D eigenvalue weighted by atomic mass is 10.2. The van der Waals surface area contributed by atoms with Gasteiger partial charge >= 0.3 is 0 Å². The molecule has 0 radical (unpaired) electrons. The molecule has 3 heterocycles. The molecule has 0 atom stereocenters. The molecule has 0 spiro atoms. The predicted molar refractivity (Wildman–Crippen MR) is 116 cm³/mol. The SMILES string of the molecule is Cc1nc(-c2ccc(Cl)s2)sc1C(=O)Nc1cccc(CN2CCOCC2)c1. The standard InChI is InChI=1S/C20H20ClN3O2S2/c1-13-18(28-20(22-13)16-5-6-17(21)27-16)19(25)23-15-4-2-3-14(11-15)12-24-7-9-26-10-8-24/h2-6,11H,7-10,12H2,1H3,(H,23,25). The Labute approximate surface area is 176 Å². The molecular formula is C20H20ClN3O2S2. The Morgan fingerprint density at radius 2 is 2.07 bits per heavy atom. The van der Waals surface area contributed by atoms with Crippen LogP contribution < -0.4 is 5.32 Å². The molecule has 1 fully saturated rings. The molecule has 8 heteroatoms. The maximum Gasteiger partial charge on any atom is 0.267 e. The Bertz CT molecular complexity index is 979. The lowest BCUT2D eigenvalue weighted by Crippen LogP contribution is -2.35. The summed E-state index contributed by atoms with van der Waals surface area (Å²) in [6.07, 6.45) is 0. The number of aryl methyl sites for hydroxylation is 1. The van der Waals surface area contributed by atoms with Crippen molar-refractivity contribution in [2.45, 2.75) is 13.5 Å². The van der Waals surface area contributed by atoms with E-state index in [0.29, 0.717) is 9.21 Å². The van der Waals surface area contributed by atoms with E-state index in [-0.39, 0.29) is 5.91 Å². The zero-order valence-electron chi connectivity index (χ0n) is 15.4. The van der Waals surface area contributed by atoms with E-state index < -0.39 is 0 Å². The average Bonchev–Trinajstić information content (AvgIpc) is 3.28. The van der Waals surface area contributed by atoms with Crippen molar-refractivity contribution in [1.82, 2.24) is 9.88 Å². The fourth-order valence-electron chi connectivity index (χ4n) is 3.09. The first-order valence-corrected chi connectivity index (χ1v) is 11.0. The molecule has 1 aliphatic heterocycles. The summed E-state index contributed by atoms with van der Waals surface area (Å²) in [5, 5.41) is 3.83. The lowest BCUT2D eigenvalue weighted by Gasteiger charge is -2.26. The molecule has 0 bridgehead atoms. The highest BCUT2D eigenvalue weighted by Gasteiger charge is 2.18. The van der Waals surface area contributed by atoms with Gasteiger partial charge in [-0.3, -0.25) is 9.69 Å². The van der Waals surface area contributed by atoms with E-state index in [1.54, 1.807) is 0 Å². The molecular weight excluding hydrogens is 414 g/mol. The minimum absolute atomic E-state index is 0.132. The Kier molecular flexibility index (Phi) is 6.08. The van der Waals surface area contributed by atoms with Gasteiger partial charge < -0.3 is 10.1 Å². The molecule has 0 aliphatic carbocycles. The maximum atomic E-state index is 12.8. The van der Waals surface area contributed by atoms with Crippen LogP contribution in [0.25, 0.3) is 9.88 Å². The van der Waals surface area contributed by atoms with Gasteiger partial charge in [-0.25, -0.2) is 4.98 Å². The van der Waals surface area contributed by atoms with Crippen molar-refractivity contribution < 1.29 is 9.53 Å². The van der Waals surface area contributed by atoms with Gasteiger partial charge in [-0.2, -0.15) is 0 Å². The summed E-state index contributed by atoms with van der Waals surface area (Å²) in [6, 6.07) is 11.8. The maximum absolute atomic E-state index is 12.8. The van der Waals surface area contributed by atoms with Crippen molar-refractivity contribution in [2.24, 2.45) is 0 Å². The molecule has 1 aliphatic rings. The van der Waals surface area contributed by atoms with Crippen molar-refractivity contribution in [3.05, 3.63) is 56.9 Å². The molecule has 146 valence electrons. The lowest BCUT2D eigenvalue weighted by molar-refractivity contribution is 0.0342. The zero-order valence-corrected chi connectivity index (χ0v) is 17.8. The van der Waals surface area contributed by atoms with Crippen LogP contribution >= 0.6 is 34.3 Å². The number of hydrogen-bond donors (Lipinski definition) is 1. The second-order valence-corrected chi connectivity index (χ2v) is 9.29. The Balaban J connectivity index is 1.46. The third kappa shape index (κ3) is 4.61. The van der Waals surface area contributed by atoms with Gasteiger partial charge in [0, 0.05) is 25.3 Å². The molecule has 5 nitrogen and oxygen atoms in total. The van der Waals surface area contributed by atoms with E-state index >= 15 is 0 Å². The third-order valence-electron chi connectivity index (χ3n) is 4.48. The Hall–Kier alpha value is -1.77. The number of aromatic nitrogens is 1. The number of amides is 1. The van der Waals surface area contributed by atoms with Gasteiger partial charge in [0.25, 0.3) is 5.91 Å². The number of thiophene rings is 1. The first-order valence-electron chi connectivity index (χ1n) is 9.02. The van der Waals surface area contributed by atoms with Crippen LogP contribution in [0.1, 0.15) is 20.9 Å². The molecule has 1 saturated heterocycles. The number of ether oxygens (including phenoxy) is 1. The van der Waals surface area contributed by atoms with Crippen molar-refractivity contribution in [2.75, 3.05) is 31.6 Å². The molecule has 0 unspecified atom stereocenters. The van der Waals surface area contributed by atoms with Crippen molar-refractivity contribution >= 4 is 45.9 Å². The number of hydrogen-bond acceptors (Lipinski definition) is 6. The fourth-order valence-corrected chi connectivity index (χ4v) is 5.15. The van der Waals surface area contributed by atoms with Gasteiger partial charge in [-0.05, 0) is 36.8 Å². The van der Waals surface area contributed by atoms with E-state index in [1.807, 2.05) is 37.3 Å². The summed E-state index contributed by atoms with van der Waals surface area (Å²) in [6.45, 7) is 6.14. The van der Waals surface area contributed by atoms with Crippen molar-refractivity contribution in [3.63, 3.8) is 0 Å². The van der Waals surface area contributed by atoms with Gasteiger partial charge in [-0.15, -0.1) is 22.7 Å². The summed E-state index contributed by atoms with van der Waals surface area (Å²) in [5.74, 6) is -0.132. The Morgan fingerprint density at radius 3 is 2.82 bits per heavy atom. The number of benzene rings is 1. The van der Waals surface area contributed by atoms with E-state index in [4.69, 9.17) is 16.3 Å². The smallest absolute Gasteiger partial charge is 0.267 e. The normalized spacial score (nSPS) is 14.9. The molecule has 2 aromatic heterocycles. The number of carbonyl (C=O) groups excluding carboxylic acids is 1. The largest absolute Gasteiger partial charge is 0.379 e. The summed E-state index contributed by atoms with van der Waals surface area (Å²) >= 11 is 8.87. The molecule has 1 amide bonds. The molecule has 3 aromatic rings. The Morgan fingerprint density at radius 1 is 1.25 bits per heavy atom. The average molecular weight is 434 g/mol. The van der Waals surface area contributed by atoms with Gasteiger partial charge in [0.05, 0.1) is 28.1 Å². The van der Waals surface area contributed by atoms with Crippen LogP contribution in [0, 0.1) is 6.92 Å². The highest BCUT2D eigenvalue weighted by atomic mass is 35.5. The zero-order chi connectivity index (χ0) is 19.5. The van der Waals surface area contributed by atoms with E-state index in [1.165, 1.54) is 28.2 Å². The fraction of sp³-hybridized carbons (Fsp3) is 0.300. The number of rotatable bonds is 5. The number of thiazole rings is 1. The van der Waals surface area contributed by atoms with E-state index in [2.05, 4.69) is 21.3 Å². The number of morpholine rings is 1. The predicted octanol–water partition coefficient (Wildman–Crippen LogP) is 4.92. The quantitative estimate of drug-likeness (QED) is 0.620. The monoisotopic (exact) mass is 433 g/mol. The van der Waals surface area contributed by atoms with Gasteiger partial charge in [0.1, 0.15) is 9.88 Å². The number of nitrogens with one attached hydrogen (secondary N) is 1. The van der Waals surface area contributed by atoms with Gasteiger partial charge in [0.2, 0.25) is 0 Å². The van der Waals surface area contributed by atoms with Crippen LogP contribution in [-0.4, -0.2) is 42.1 Å². The van der Waals surface area contributed by atoms with Crippen LogP contribution in [0.5, 0.6) is 0 Å². The minimum atomic E-state index is -0.132. The molecule has 0 saturated carbocycles. The van der Waals surface area contributed by atoms with Crippen LogP contribution in [0.2, 0.25) is 4.34 Å². The van der Waals surface area contributed by atoms with Crippen molar-refractivity contribution in [3.8, 4) is 9.88 Å². The van der Waals surface area contributed by atoms with Crippen LogP contribution in [-0.2, 0) is 11.3 Å². The van der Waals surface area contributed by atoms with E-state index in [0.717, 1.165) is 54.1 Å². The van der Waals surface area contributed by atoms with Crippen LogP contribution in [0.4, 0.5) is 5.69 Å². The first kappa shape index (κ1) is 19.5. The number of anilines is 1. The second-order valence-electron chi connectivity index (χ2n) is 6.58. The third-order valence-corrected chi connectivity index (χ3v) is 7.04. The summed E-state index contributed by atoms with van der Waals surface area (Å²) in [5.41, 5.74) is 2.70. The number of halogens is 1. The molecule has 1 N–H and O–H groups in total.